The number of hydrogen-bond donors (Lipinski definition) is 1. The molecule has 2 rings (SSSR count). The molecular weight excluding hydrogens is 301 g/mol. The van der Waals surface area contributed by atoms with Crippen LogP contribution in [0.2, 0.25) is 0 Å². The lowest BCUT2D eigenvalue weighted by molar-refractivity contribution is 0.0594. The van der Waals surface area contributed by atoms with E-state index in [1.165, 1.54) is 31.4 Å². The second-order valence-electron chi connectivity index (χ2n) is 5.19. The van der Waals surface area contributed by atoms with Gasteiger partial charge in [-0.1, -0.05) is 0 Å². The van der Waals surface area contributed by atoms with Crippen LogP contribution in [0.1, 0.15) is 39.0 Å². The minimum absolute atomic E-state index is 0.252. The summed E-state index contributed by atoms with van der Waals surface area (Å²) in [5.74, 6) is -0.782. The number of nitrogens with one attached hydrogen (secondary N) is 1. The normalized spacial score (nSPS) is 11.9. The molecule has 2 aromatic rings. The number of ketones is 1. The van der Waals surface area contributed by atoms with E-state index in [-0.39, 0.29) is 17.3 Å². The highest BCUT2D eigenvalue weighted by molar-refractivity contribution is 6.04. The molecule has 1 atom stereocenters. The molecule has 0 aliphatic heterocycles. The van der Waals surface area contributed by atoms with Crippen molar-refractivity contribution in [1.82, 2.24) is 4.98 Å². The number of hydrogen-bond acceptors (Lipinski definition) is 4. The molecule has 0 spiro atoms. The number of ether oxygens (including phenoxy) is 2. The highest BCUT2D eigenvalue weighted by Gasteiger charge is 2.26. The summed E-state index contributed by atoms with van der Waals surface area (Å²) in [4.78, 5) is 27.2. The summed E-state index contributed by atoms with van der Waals surface area (Å²) in [5, 5.41) is 0. The van der Waals surface area contributed by atoms with E-state index in [4.69, 9.17) is 4.74 Å². The van der Waals surface area contributed by atoms with Gasteiger partial charge in [-0.15, -0.1) is 0 Å². The first-order chi connectivity index (χ1) is 10.8. The van der Waals surface area contributed by atoms with Crippen LogP contribution in [0.15, 0.2) is 24.3 Å². The highest BCUT2D eigenvalue weighted by Crippen LogP contribution is 2.22. The van der Waals surface area contributed by atoms with Crippen molar-refractivity contribution in [2.45, 2.75) is 26.9 Å². The maximum absolute atomic E-state index is 12.9. The van der Waals surface area contributed by atoms with E-state index in [1.54, 1.807) is 20.8 Å². The van der Waals surface area contributed by atoms with Crippen molar-refractivity contribution < 1.29 is 23.5 Å². The number of esters is 1. The Balaban J connectivity index is 2.24. The SMILES string of the molecule is COC(=O)c1[nH]c(C)c(C(=O)C(C)Oc2ccc(F)cc2)c1C. The number of benzene rings is 1. The number of methoxy groups -OCH3 is 1. The Morgan fingerprint density at radius 2 is 1.78 bits per heavy atom. The summed E-state index contributed by atoms with van der Waals surface area (Å²) in [6, 6.07) is 5.43. The van der Waals surface area contributed by atoms with Gasteiger partial charge in [0.05, 0.1) is 7.11 Å². The number of Topliss-reactive ketones (excluding diaryl/α,β-unsaturated/α-hetero) is 1. The van der Waals surface area contributed by atoms with Crippen LogP contribution in [-0.2, 0) is 4.74 Å². The number of carbonyl (C=O) groups is 2. The third-order valence-electron chi connectivity index (χ3n) is 3.57. The van der Waals surface area contributed by atoms with Crippen molar-refractivity contribution >= 4 is 11.8 Å². The van der Waals surface area contributed by atoms with Crippen molar-refractivity contribution in [3.8, 4) is 5.75 Å². The second kappa shape index (κ2) is 6.64. The molecule has 1 heterocycles. The van der Waals surface area contributed by atoms with Crippen molar-refractivity contribution in [2.24, 2.45) is 0 Å². The summed E-state index contributed by atoms with van der Waals surface area (Å²) in [7, 11) is 1.28. The van der Waals surface area contributed by atoms with Crippen LogP contribution in [0.25, 0.3) is 0 Å². The fourth-order valence-corrected chi connectivity index (χ4v) is 2.40. The van der Waals surface area contributed by atoms with Crippen LogP contribution < -0.4 is 4.74 Å². The molecule has 1 N–H and O–H groups in total. The van der Waals surface area contributed by atoms with Crippen LogP contribution in [0, 0.1) is 19.7 Å². The zero-order chi connectivity index (χ0) is 17.1. The average Bonchev–Trinajstić information content (AvgIpc) is 2.82. The Hall–Kier alpha value is -2.63. The van der Waals surface area contributed by atoms with Crippen LogP contribution in [0.4, 0.5) is 4.39 Å². The van der Waals surface area contributed by atoms with Gasteiger partial charge in [-0.25, -0.2) is 9.18 Å². The fraction of sp³-hybridized carbons (Fsp3) is 0.294. The molecule has 23 heavy (non-hydrogen) atoms. The number of aromatic amines is 1. The lowest BCUT2D eigenvalue weighted by atomic mass is 10.0. The van der Waals surface area contributed by atoms with E-state index in [1.807, 2.05) is 0 Å². The maximum atomic E-state index is 12.9. The van der Waals surface area contributed by atoms with Crippen molar-refractivity contribution in [1.29, 1.82) is 0 Å². The molecule has 0 bridgehead atoms. The first-order valence-electron chi connectivity index (χ1n) is 7.09. The number of H-pyrrole nitrogens is 1. The first kappa shape index (κ1) is 16.7. The summed E-state index contributed by atoms with van der Waals surface area (Å²) >= 11 is 0. The van der Waals surface area contributed by atoms with Gasteiger partial charge in [-0.05, 0) is 50.6 Å². The molecule has 5 nitrogen and oxygen atoms in total. The molecule has 1 aromatic carbocycles. The van der Waals surface area contributed by atoms with Gasteiger partial charge < -0.3 is 14.5 Å². The molecule has 0 saturated carbocycles. The Morgan fingerprint density at radius 3 is 2.35 bits per heavy atom. The molecule has 0 radical (unpaired) electrons. The van der Waals surface area contributed by atoms with Gasteiger partial charge in [0.1, 0.15) is 17.3 Å². The molecule has 0 fully saturated rings. The molecule has 1 unspecified atom stereocenters. The molecule has 1 aromatic heterocycles. The van der Waals surface area contributed by atoms with Gasteiger partial charge in [0.2, 0.25) is 5.78 Å². The standard InChI is InChI=1S/C17H18FNO4/c1-9-14(10(2)19-15(9)17(21)22-4)16(20)11(3)23-13-7-5-12(18)6-8-13/h5-8,11,19H,1-4H3. The van der Waals surface area contributed by atoms with E-state index in [2.05, 4.69) is 9.72 Å². The van der Waals surface area contributed by atoms with Crippen molar-refractivity contribution in [3.05, 3.63) is 52.6 Å². The summed E-state index contributed by atoms with van der Waals surface area (Å²) in [6.07, 6.45) is -0.779. The number of carbonyl (C=O) groups excluding carboxylic acids is 2. The van der Waals surface area contributed by atoms with Gasteiger partial charge in [-0.2, -0.15) is 0 Å². The van der Waals surface area contributed by atoms with Crippen LogP contribution in [0.5, 0.6) is 5.75 Å². The Morgan fingerprint density at radius 1 is 1.17 bits per heavy atom. The number of rotatable bonds is 5. The second-order valence-corrected chi connectivity index (χ2v) is 5.19. The fourth-order valence-electron chi connectivity index (χ4n) is 2.40. The smallest absolute Gasteiger partial charge is 0.354 e. The summed E-state index contributed by atoms with van der Waals surface area (Å²) < 4.78 is 23.1. The molecule has 0 amide bonds. The van der Waals surface area contributed by atoms with Crippen LogP contribution in [0.3, 0.4) is 0 Å². The van der Waals surface area contributed by atoms with Gasteiger partial charge in [0, 0.05) is 11.3 Å². The topological polar surface area (TPSA) is 68.4 Å². The summed E-state index contributed by atoms with van der Waals surface area (Å²) in [6.45, 7) is 4.99. The van der Waals surface area contributed by atoms with E-state index >= 15 is 0 Å². The first-order valence-corrected chi connectivity index (χ1v) is 7.09. The Kier molecular flexibility index (Phi) is 4.83. The Labute approximate surface area is 133 Å². The lowest BCUT2D eigenvalue weighted by Crippen LogP contribution is -2.25. The predicted molar refractivity (Wildman–Crippen MR) is 82.4 cm³/mol. The quantitative estimate of drug-likeness (QED) is 0.679. The molecular formula is C17H18FNO4. The predicted octanol–water partition coefficient (Wildman–Crippen LogP) is 3.21. The molecule has 0 aliphatic rings. The van der Waals surface area contributed by atoms with Gasteiger partial charge >= 0.3 is 5.97 Å². The molecule has 0 aliphatic carbocycles. The largest absolute Gasteiger partial charge is 0.483 e. The van der Waals surface area contributed by atoms with Crippen molar-refractivity contribution in [2.75, 3.05) is 7.11 Å². The molecule has 6 heteroatoms. The third kappa shape index (κ3) is 3.41. The monoisotopic (exact) mass is 319 g/mol. The molecule has 0 saturated heterocycles. The minimum atomic E-state index is -0.779. The van der Waals surface area contributed by atoms with Crippen molar-refractivity contribution in [3.63, 3.8) is 0 Å². The molecule has 122 valence electrons. The third-order valence-corrected chi connectivity index (χ3v) is 3.57. The summed E-state index contributed by atoms with van der Waals surface area (Å²) in [5.41, 5.74) is 1.75. The zero-order valence-electron chi connectivity index (χ0n) is 13.4. The van der Waals surface area contributed by atoms with Crippen LogP contribution in [-0.4, -0.2) is 30.0 Å². The van der Waals surface area contributed by atoms with Gasteiger partial charge in [0.25, 0.3) is 0 Å². The van der Waals surface area contributed by atoms with Gasteiger partial charge in [0.15, 0.2) is 6.10 Å². The number of aromatic nitrogens is 1. The van der Waals surface area contributed by atoms with E-state index < -0.39 is 12.1 Å². The zero-order valence-corrected chi connectivity index (χ0v) is 13.4. The average molecular weight is 319 g/mol. The van der Waals surface area contributed by atoms with E-state index in [0.717, 1.165) is 0 Å². The van der Waals surface area contributed by atoms with Crippen LogP contribution >= 0.6 is 0 Å². The minimum Gasteiger partial charge on any atom is -0.483 e. The van der Waals surface area contributed by atoms with E-state index in [0.29, 0.717) is 22.6 Å². The maximum Gasteiger partial charge on any atom is 0.354 e. The number of halogens is 1. The van der Waals surface area contributed by atoms with Gasteiger partial charge in [-0.3, -0.25) is 4.79 Å². The van der Waals surface area contributed by atoms with E-state index in [9.17, 15) is 14.0 Å². The Bertz CT molecular complexity index is 734. The highest BCUT2D eigenvalue weighted by atomic mass is 19.1. The number of aryl methyl sites for hydroxylation is 1. The lowest BCUT2D eigenvalue weighted by Gasteiger charge is -2.14.